The molecule has 0 saturated carbocycles. The highest BCUT2D eigenvalue weighted by atomic mass is 79.9. The zero-order valence-electron chi connectivity index (χ0n) is 13.8. The number of fused-ring (bicyclic) bond motifs is 1. The molecule has 0 aliphatic carbocycles. The van der Waals surface area contributed by atoms with Crippen LogP contribution in [0.15, 0.2) is 53.1 Å². The number of amides is 1. The van der Waals surface area contributed by atoms with Crippen molar-refractivity contribution in [2.45, 2.75) is 25.2 Å². The third kappa shape index (κ3) is 3.44. The first-order chi connectivity index (χ1) is 12.2. The van der Waals surface area contributed by atoms with Gasteiger partial charge in [-0.25, -0.2) is 0 Å². The number of carbonyl (C=O) groups is 1. The summed E-state index contributed by atoms with van der Waals surface area (Å²) >= 11 is 3.43. The highest BCUT2D eigenvalue weighted by Crippen LogP contribution is 2.26. The van der Waals surface area contributed by atoms with Crippen LogP contribution >= 0.6 is 15.9 Å². The summed E-state index contributed by atoms with van der Waals surface area (Å²) in [6.45, 7) is 1.54. The second-order valence-electron chi connectivity index (χ2n) is 6.47. The Bertz CT molecular complexity index is 890. The molecule has 5 nitrogen and oxygen atoms in total. The summed E-state index contributed by atoms with van der Waals surface area (Å²) in [7, 11) is 0. The van der Waals surface area contributed by atoms with E-state index in [1.54, 1.807) is 0 Å². The normalized spacial score (nSPS) is 17.8. The van der Waals surface area contributed by atoms with E-state index in [4.69, 9.17) is 0 Å². The van der Waals surface area contributed by atoms with Gasteiger partial charge in [0.1, 0.15) is 5.82 Å². The lowest BCUT2D eigenvalue weighted by atomic mass is 9.96. The monoisotopic (exact) mass is 398 g/mol. The minimum absolute atomic E-state index is 0.181. The lowest BCUT2D eigenvalue weighted by Gasteiger charge is -2.32. The summed E-state index contributed by atoms with van der Waals surface area (Å²) in [4.78, 5) is 14.7. The van der Waals surface area contributed by atoms with Gasteiger partial charge >= 0.3 is 0 Å². The van der Waals surface area contributed by atoms with Gasteiger partial charge in [-0.05, 0) is 42.7 Å². The summed E-state index contributed by atoms with van der Waals surface area (Å²) in [5, 5.41) is 8.62. The number of piperidine rings is 1. The minimum atomic E-state index is 0.181. The zero-order chi connectivity index (χ0) is 17.2. The molecule has 3 heterocycles. The van der Waals surface area contributed by atoms with E-state index in [0.717, 1.165) is 40.9 Å². The maximum atomic E-state index is 12.7. The number of benzene rings is 1. The van der Waals surface area contributed by atoms with Crippen LogP contribution in [0.4, 0.5) is 0 Å². The third-order valence-electron chi connectivity index (χ3n) is 4.75. The molecule has 1 fully saturated rings. The second-order valence-corrected chi connectivity index (χ2v) is 7.38. The van der Waals surface area contributed by atoms with Crippen LogP contribution in [0.2, 0.25) is 0 Å². The standard InChI is InChI=1S/C19H19BrN4O/c20-16-8-6-14(7-9-16)12-18(25)23-10-3-4-15(13-23)19-22-21-17-5-1-2-11-24(17)19/h1-2,5-9,11,15H,3-4,10,12-13H2. The largest absolute Gasteiger partial charge is 0.342 e. The van der Waals surface area contributed by atoms with Crippen LogP contribution in [0, 0.1) is 0 Å². The Morgan fingerprint density at radius 2 is 2.00 bits per heavy atom. The number of pyridine rings is 1. The van der Waals surface area contributed by atoms with Crippen molar-refractivity contribution in [3.63, 3.8) is 0 Å². The van der Waals surface area contributed by atoms with Crippen LogP contribution in [-0.2, 0) is 11.2 Å². The average Bonchev–Trinajstić information content (AvgIpc) is 3.08. The fraction of sp³-hybridized carbons (Fsp3) is 0.316. The quantitative estimate of drug-likeness (QED) is 0.678. The molecule has 1 aliphatic heterocycles. The van der Waals surface area contributed by atoms with Gasteiger partial charge in [0, 0.05) is 29.7 Å². The molecule has 1 atom stereocenters. The van der Waals surface area contributed by atoms with Gasteiger partial charge in [0.25, 0.3) is 0 Å². The van der Waals surface area contributed by atoms with E-state index >= 15 is 0 Å². The number of hydrogen-bond acceptors (Lipinski definition) is 3. The molecule has 0 bridgehead atoms. The number of carbonyl (C=O) groups excluding carboxylic acids is 1. The maximum absolute atomic E-state index is 12.7. The summed E-state index contributed by atoms with van der Waals surface area (Å²) in [5.74, 6) is 1.37. The number of halogens is 1. The van der Waals surface area contributed by atoms with Crippen LogP contribution in [0.1, 0.15) is 30.1 Å². The number of aromatic nitrogens is 3. The Hall–Kier alpha value is -2.21. The molecular formula is C19H19BrN4O. The Labute approximate surface area is 154 Å². The SMILES string of the molecule is O=C(Cc1ccc(Br)cc1)N1CCCC(c2nnc3ccccn23)C1. The number of rotatable bonds is 3. The molecule has 0 radical (unpaired) electrons. The molecule has 1 unspecified atom stereocenters. The predicted octanol–water partition coefficient (Wildman–Crippen LogP) is 3.44. The van der Waals surface area contributed by atoms with Crippen molar-refractivity contribution in [1.29, 1.82) is 0 Å². The fourth-order valence-corrected chi connectivity index (χ4v) is 3.71. The van der Waals surface area contributed by atoms with Crippen molar-refractivity contribution in [3.05, 3.63) is 64.5 Å². The maximum Gasteiger partial charge on any atom is 0.227 e. The molecule has 6 heteroatoms. The van der Waals surface area contributed by atoms with Gasteiger partial charge in [-0.15, -0.1) is 10.2 Å². The summed E-state index contributed by atoms with van der Waals surface area (Å²) in [5.41, 5.74) is 1.90. The first kappa shape index (κ1) is 16.3. The molecule has 0 N–H and O–H groups in total. The highest BCUT2D eigenvalue weighted by molar-refractivity contribution is 9.10. The van der Waals surface area contributed by atoms with Crippen LogP contribution in [0.3, 0.4) is 0 Å². The third-order valence-corrected chi connectivity index (χ3v) is 5.28. The smallest absolute Gasteiger partial charge is 0.227 e. The molecule has 128 valence electrons. The number of likely N-dealkylation sites (tertiary alicyclic amines) is 1. The van der Waals surface area contributed by atoms with E-state index in [9.17, 15) is 4.79 Å². The van der Waals surface area contributed by atoms with Crippen molar-refractivity contribution in [2.24, 2.45) is 0 Å². The van der Waals surface area contributed by atoms with Gasteiger partial charge in [-0.2, -0.15) is 0 Å². The Morgan fingerprint density at radius 1 is 1.16 bits per heavy atom. The van der Waals surface area contributed by atoms with E-state index < -0.39 is 0 Å². The zero-order valence-corrected chi connectivity index (χ0v) is 15.4. The van der Waals surface area contributed by atoms with Gasteiger partial charge in [-0.1, -0.05) is 34.1 Å². The summed E-state index contributed by atoms with van der Waals surface area (Å²) < 4.78 is 3.06. The average molecular weight is 399 g/mol. The van der Waals surface area contributed by atoms with Crippen molar-refractivity contribution in [3.8, 4) is 0 Å². The van der Waals surface area contributed by atoms with E-state index in [-0.39, 0.29) is 11.8 Å². The molecule has 1 amide bonds. The van der Waals surface area contributed by atoms with Crippen molar-refractivity contribution in [1.82, 2.24) is 19.5 Å². The number of hydrogen-bond donors (Lipinski definition) is 0. The Morgan fingerprint density at radius 3 is 2.84 bits per heavy atom. The second kappa shape index (κ2) is 6.96. The van der Waals surface area contributed by atoms with Crippen LogP contribution in [-0.4, -0.2) is 38.5 Å². The van der Waals surface area contributed by atoms with Crippen LogP contribution in [0.5, 0.6) is 0 Å². The fourth-order valence-electron chi connectivity index (χ4n) is 3.44. The van der Waals surface area contributed by atoms with Crippen molar-refractivity contribution < 1.29 is 4.79 Å². The minimum Gasteiger partial charge on any atom is -0.342 e. The van der Waals surface area contributed by atoms with E-state index in [2.05, 4.69) is 26.1 Å². The van der Waals surface area contributed by atoms with Gasteiger partial charge in [0.2, 0.25) is 5.91 Å². The van der Waals surface area contributed by atoms with Crippen LogP contribution < -0.4 is 0 Å². The van der Waals surface area contributed by atoms with Gasteiger partial charge in [-0.3, -0.25) is 9.20 Å². The Kier molecular flexibility index (Phi) is 4.53. The van der Waals surface area contributed by atoms with E-state index in [0.29, 0.717) is 13.0 Å². The van der Waals surface area contributed by atoms with Gasteiger partial charge in [0.15, 0.2) is 5.65 Å². The molecular weight excluding hydrogens is 380 g/mol. The lowest BCUT2D eigenvalue weighted by molar-refractivity contribution is -0.131. The molecule has 2 aromatic heterocycles. The van der Waals surface area contributed by atoms with Crippen LogP contribution in [0.25, 0.3) is 5.65 Å². The van der Waals surface area contributed by atoms with Crippen molar-refractivity contribution in [2.75, 3.05) is 13.1 Å². The first-order valence-electron chi connectivity index (χ1n) is 8.52. The highest BCUT2D eigenvalue weighted by Gasteiger charge is 2.27. The molecule has 0 spiro atoms. The Balaban J connectivity index is 1.49. The topological polar surface area (TPSA) is 50.5 Å². The molecule has 1 saturated heterocycles. The first-order valence-corrected chi connectivity index (χ1v) is 9.32. The number of nitrogens with zero attached hydrogens (tertiary/aromatic N) is 4. The molecule has 3 aromatic rings. The molecule has 4 rings (SSSR count). The van der Waals surface area contributed by atoms with E-state index in [1.807, 2.05) is 58.0 Å². The van der Waals surface area contributed by atoms with Gasteiger partial charge < -0.3 is 4.90 Å². The lowest BCUT2D eigenvalue weighted by Crippen LogP contribution is -2.40. The van der Waals surface area contributed by atoms with Gasteiger partial charge in [0.05, 0.1) is 6.42 Å². The molecule has 1 aliphatic rings. The molecule has 25 heavy (non-hydrogen) atoms. The van der Waals surface area contributed by atoms with E-state index in [1.165, 1.54) is 0 Å². The predicted molar refractivity (Wildman–Crippen MR) is 99.4 cm³/mol. The molecule has 1 aromatic carbocycles. The van der Waals surface area contributed by atoms with Crippen molar-refractivity contribution >= 4 is 27.5 Å². The summed E-state index contributed by atoms with van der Waals surface area (Å²) in [6, 6.07) is 13.8. The summed E-state index contributed by atoms with van der Waals surface area (Å²) in [6.07, 6.45) is 4.48.